The number of nitrogens with zero attached hydrogens (tertiary/aromatic N) is 4. The molecule has 0 aliphatic rings. The number of rotatable bonds is 4. The molecule has 4 heterocycles. The summed E-state index contributed by atoms with van der Waals surface area (Å²) in [5, 5.41) is 4.64. The van der Waals surface area contributed by atoms with Crippen LogP contribution in [0.25, 0.3) is 77.5 Å². The van der Waals surface area contributed by atoms with E-state index in [4.69, 9.17) is 9.97 Å². The normalized spacial score (nSPS) is 11.6. The number of aromatic nitrogens is 4. The maximum absolute atomic E-state index is 4.89. The molecular weight excluding hydrogens is 790 g/mol. The van der Waals surface area contributed by atoms with E-state index in [0.717, 1.165) is 66.7 Å². The van der Waals surface area contributed by atoms with E-state index < -0.39 is 0 Å². The zero-order valence-corrected chi connectivity index (χ0v) is 30.2. The summed E-state index contributed by atoms with van der Waals surface area (Å²) in [5.41, 5.74) is 10.5. The third kappa shape index (κ3) is 5.47. The minimum atomic E-state index is -0.00267. The Hall–Kier alpha value is -5.25. The smallest absolute Gasteiger partial charge is 0.352 e. The summed E-state index contributed by atoms with van der Waals surface area (Å²) in [7, 11) is 0. The summed E-state index contributed by atoms with van der Waals surface area (Å²) < 4.78 is 4.54. The zero-order valence-electron chi connectivity index (χ0n) is 28.0. The van der Waals surface area contributed by atoms with Crippen molar-refractivity contribution < 1.29 is 21.1 Å². The second-order valence-electron chi connectivity index (χ2n) is 13.4. The van der Waals surface area contributed by atoms with E-state index in [0.29, 0.717) is 0 Å². The van der Waals surface area contributed by atoms with Gasteiger partial charge in [0, 0.05) is 31.8 Å². The topological polar surface area (TPSA) is 35.6 Å². The SMILES string of the molecule is CC(C)(C)c1ccnc(-n2c3[c-]c(-n4c5[c-]c(-c6cc(-c7ccccc7)ccn6)ccc5c5ccccc54)ccc3c3ccccc32)c1.[B].[Pt+2]. The van der Waals surface area contributed by atoms with Crippen LogP contribution >= 0.6 is 0 Å². The van der Waals surface area contributed by atoms with Gasteiger partial charge in [-0.05, 0) is 74.4 Å². The van der Waals surface area contributed by atoms with Crippen LogP contribution in [0.4, 0.5) is 0 Å². The van der Waals surface area contributed by atoms with Crippen molar-refractivity contribution in [1.82, 2.24) is 19.1 Å². The Balaban J connectivity index is 0.00000196. The minimum absolute atomic E-state index is 0. The van der Waals surface area contributed by atoms with Gasteiger partial charge in [-0.1, -0.05) is 110 Å². The van der Waals surface area contributed by atoms with Gasteiger partial charge >= 0.3 is 21.1 Å². The summed E-state index contributed by atoms with van der Waals surface area (Å²) in [4.78, 5) is 9.66. The molecule has 0 aliphatic carbocycles. The van der Waals surface area contributed by atoms with Crippen LogP contribution in [0.15, 0.2) is 140 Å². The fourth-order valence-electron chi connectivity index (χ4n) is 6.94. The van der Waals surface area contributed by atoms with Gasteiger partial charge in [0.15, 0.2) is 0 Å². The molecule has 241 valence electrons. The third-order valence-electron chi connectivity index (χ3n) is 9.38. The fraction of sp³-hybridized carbons (Fsp3) is 0.0909. The summed E-state index contributed by atoms with van der Waals surface area (Å²) >= 11 is 0. The van der Waals surface area contributed by atoms with E-state index in [1.54, 1.807) is 0 Å². The first-order valence-electron chi connectivity index (χ1n) is 16.3. The van der Waals surface area contributed by atoms with E-state index in [2.05, 4.69) is 163 Å². The van der Waals surface area contributed by atoms with E-state index in [1.807, 2.05) is 18.5 Å². The second-order valence-corrected chi connectivity index (χ2v) is 13.4. The summed E-state index contributed by atoms with van der Waals surface area (Å²) in [6.45, 7) is 6.72. The Bertz CT molecular complexity index is 2670. The average molecular weight is 823 g/mol. The molecule has 9 aromatic rings. The molecule has 9 rings (SSSR count). The monoisotopic (exact) mass is 822 g/mol. The van der Waals surface area contributed by atoms with Gasteiger partial charge in [0.1, 0.15) is 5.82 Å². The molecular formula is C44H32BN4Pt. The van der Waals surface area contributed by atoms with Crippen molar-refractivity contribution in [2.45, 2.75) is 26.2 Å². The number of hydrogen-bond donors (Lipinski definition) is 0. The van der Waals surface area contributed by atoms with Crippen molar-refractivity contribution in [1.29, 1.82) is 0 Å². The van der Waals surface area contributed by atoms with Crippen molar-refractivity contribution >= 4 is 52.0 Å². The van der Waals surface area contributed by atoms with Crippen molar-refractivity contribution in [3.8, 4) is 33.9 Å². The van der Waals surface area contributed by atoms with E-state index in [9.17, 15) is 0 Å². The number of para-hydroxylation sites is 2. The molecule has 4 aromatic heterocycles. The molecule has 0 saturated heterocycles. The first-order chi connectivity index (χ1) is 23.4. The molecule has 0 saturated carbocycles. The van der Waals surface area contributed by atoms with Gasteiger partial charge in [-0.25, -0.2) is 4.98 Å². The Kier molecular flexibility index (Phi) is 8.58. The van der Waals surface area contributed by atoms with Gasteiger partial charge in [-0.15, -0.1) is 41.3 Å². The van der Waals surface area contributed by atoms with Gasteiger partial charge in [0.2, 0.25) is 0 Å². The van der Waals surface area contributed by atoms with Crippen LogP contribution in [0, 0.1) is 12.1 Å². The van der Waals surface area contributed by atoms with Crippen LogP contribution in [-0.4, -0.2) is 27.5 Å². The number of pyridine rings is 2. The minimum Gasteiger partial charge on any atom is -0.352 e. The van der Waals surface area contributed by atoms with Crippen LogP contribution in [-0.2, 0) is 26.5 Å². The molecule has 0 unspecified atom stereocenters. The van der Waals surface area contributed by atoms with Gasteiger partial charge in [-0.2, -0.15) is 6.07 Å². The van der Waals surface area contributed by atoms with Crippen molar-refractivity contribution in [3.63, 3.8) is 0 Å². The predicted molar refractivity (Wildman–Crippen MR) is 204 cm³/mol. The number of benzene rings is 5. The molecule has 6 heteroatoms. The molecule has 0 amide bonds. The van der Waals surface area contributed by atoms with Crippen LogP contribution in [0.2, 0.25) is 0 Å². The molecule has 0 bridgehead atoms. The van der Waals surface area contributed by atoms with Crippen LogP contribution in [0.5, 0.6) is 0 Å². The molecule has 3 radical (unpaired) electrons. The number of fused-ring (bicyclic) bond motifs is 6. The maximum Gasteiger partial charge on any atom is 2.00 e. The van der Waals surface area contributed by atoms with E-state index >= 15 is 0 Å². The molecule has 5 aromatic carbocycles. The molecule has 0 fully saturated rings. The summed E-state index contributed by atoms with van der Waals surface area (Å²) in [5.74, 6) is 0.891. The largest absolute Gasteiger partial charge is 2.00 e. The molecule has 4 nitrogen and oxygen atoms in total. The van der Waals surface area contributed by atoms with E-state index in [-0.39, 0.29) is 34.9 Å². The van der Waals surface area contributed by atoms with Crippen LogP contribution < -0.4 is 0 Å². The Morgan fingerprint density at radius 1 is 0.540 bits per heavy atom. The quantitative estimate of drug-likeness (QED) is 0.131. The third-order valence-corrected chi connectivity index (χ3v) is 9.38. The van der Waals surface area contributed by atoms with Gasteiger partial charge in [0.05, 0.1) is 0 Å². The van der Waals surface area contributed by atoms with E-state index in [1.165, 1.54) is 16.3 Å². The first kappa shape index (κ1) is 33.3. The Morgan fingerprint density at radius 3 is 1.88 bits per heavy atom. The average Bonchev–Trinajstić information content (AvgIpc) is 3.64. The number of hydrogen-bond acceptors (Lipinski definition) is 2. The molecule has 0 aliphatic heterocycles. The molecule has 0 N–H and O–H groups in total. The van der Waals surface area contributed by atoms with Crippen LogP contribution in [0.3, 0.4) is 0 Å². The molecule has 0 spiro atoms. The summed E-state index contributed by atoms with van der Waals surface area (Å²) in [6.07, 6.45) is 3.80. The van der Waals surface area contributed by atoms with Gasteiger partial charge < -0.3 is 14.1 Å². The zero-order chi connectivity index (χ0) is 32.4. The maximum atomic E-state index is 4.89. The fourth-order valence-corrected chi connectivity index (χ4v) is 6.94. The predicted octanol–water partition coefficient (Wildman–Crippen LogP) is 10.5. The Labute approximate surface area is 308 Å². The van der Waals surface area contributed by atoms with Crippen molar-refractivity contribution in [2.75, 3.05) is 0 Å². The standard InChI is InChI=1S/C44H32N4.B.Pt/c1-44(2,3)32-22-24-46-43(27-32)48-40-16-10-8-14-35(40)37-20-18-33(28-42(37)48)47-39-15-9-7-13-34(39)36-19-17-31(26-41(36)47)38-25-30(21-23-45-38)29-11-5-4-6-12-29;;/h4-25,27H,1-3H3;;/q-2;;+2. The molecule has 50 heavy (non-hydrogen) atoms. The Morgan fingerprint density at radius 2 is 1.16 bits per heavy atom. The van der Waals surface area contributed by atoms with Gasteiger partial charge in [0.25, 0.3) is 0 Å². The first-order valence-corrected chi connectivity index (χ1v) is 16.3. The van der Waals surface area contributed by atoms with Crippen LogP contribution in [0.1, 0.15) is 26.3 Å². The van der Waals surface area contributed by atoms with Crippen molar-refractivity contribution in [2.24, 2.45) is 0 Å². The summed E-state index contributed by atoms with van der Waals surface area (Å²) in [6, 6.07) is 52.5. The molecule has 0 atom stereocenters. The van der Waals surface area contributed by atoms with Gasteiger partial charge in [-0.3, -0.25) is 0 Å². The second kappa shape index (κ2) is 12.9. The van der Waals surface area contributed by atoms with Crippen molar-refractivity contribution in [3.05, 3.63) is 157 Å².